The minimum atomic E-state index is -0.883. The zero-order valence-electron chi connectivity index (χ0n) is 7.88. The van der Waals surface area contributed by atoms with Gasteiger partial charge in [-0.3, -0.25) is 0 Å². The molecule has 1 fully saturated rings. The molecule has 0 saturated heterocycles. The summed E-state index contributed by atoms with van der Waals surface area (Å²) in [4.78, 5) is 0. The highest BCUT2D eigenvalue weighted by molar-refractivity contribution is 5.02. The zero-order valence-corrected chi connectivity index (χ0v) is 7.88. The van der Waals surface area contributed by atoms with Crippen molar-refractivity contribution in [2.45, 2.75) is 44.8 Å². The predicted molar refractivity (Wildman–Crippen MR) is 48.8 cm³/mol. The predicted octanol–water partition coefficient (Wildman–Crippen LogP) is 1.47. The first-order valence-electron chi connectivity index (χ1n) is 4.49. The van der Waals surface area contributed by atoms with Gasteiger partial charge in [0, 0.05) is 0 Å². The summed E-state index contributed by atoms with van der Waals surface area (Å²) >= 11 is 0. The van der Waals surface area contributed by atoms with E-state index in [0.29, 0.717) is 18.8 Å². The summed E-state index contributed by atoms with van der Waals surface area (Å²) in [6.45, 7) is 7.55. The van der Waals surface area contributed by atoms with Crippen molar-refractivity contribution in [2.75, 3.05) is 0 Å². The van der Waals surface area contributed by atoms with Crippen molar-refractivity contribution in [3.05, 3.63) is 12.2 Å². The van der Waals surface area contributed by atoms with Crippen molar-refractivity contribution in [3.8, 4) is 0 Å². The van der Waals surface area contributed by atoms with E-state index >= 15 is 0 Å². The van der Waals surface area contributed by atoms with Gasteiger partial charge in [-0.25, -0.2) is 0 Å². The van der Waals surface area contributed by atoms with Crippen molar-refractivity contribution in [3.63, 3.8) is 0 Å². The molecule has 1 rings (SSSR count). The molecule has 0 aliphatic heterocycles. The summed E-state index contributed by atoms with van der Waals surface area (Å²) in [5, 5.41) is 19.2. The maximum Gasteiger partial charge on any atom is 0.0877 e. The van der Waals surface area contributed by atoms with E-state index in [9.17, 15) is 10.2 Å². The van der Waals surface area contributed by atoms with Crippen LogP contribution in [0.5, 0.6) is 0 Å². The van der Waals surface area contributed by atoms with E-state index in [-0.39, 0.29) is 0 Å². The Morgan fingerprint density at radius 3 is 2.58 bits per heavy atom. The SMILES string of the molecule is C=C(C)C1CC[C@](C)(O)[C@@H](O)C1. The van der Waals surface area contributed by atoms with E-state index in [0.717, 1.165) is 12.0 Å². The Kier molecular flexibility index (Phi) is 2.59. The molecule has 1 aliphatic carbocycles. The Balaban J connectivity index is 2.58. The molecule has 0 aromatic heterocycles. The Morgan fingerprint density at radius 2 is 2.17 bits per heavy atom. The molecule has 2 nitrogen and oxygen atoms in total. The smallest absolute Gasteiger partial charge is 0.0877 e. The highest BCUT2D eigenvalue weighted by Crippen LogP contribution is 2.34. The van der Waals surface area contributed by atoms with Crippen molar-refractivity contribution in [2.24, 2.45) is 5.92 Å². The lowest BCUT2D eigenvalue weighted by Gasteiger charge is -2.38. The number of allylic oxidation sites excluding steroid dienone is 1. The van der Waals surface area contributed by atoms with Crippen LogP contribution in [0.25, 0.3) is 0 Å². The van der Waals surface area contributed by atoms with E-state index in [1.54, 1.807) is 6.92 Å². The van der Waals surface area contributed by atoms with E-state index in [2.05, 4.69) is 6.58 Å². The standard InChI is InChI=1S/C10H18O2/c1-7(2)8-4-5-10(3,12)9(11)6-8/h8-9,11-12H,1,4-6H2,2-3H3/t8?,9-,10-/m0/s1. The van der Waals surface area contributed by atoms with Gasteiger partial charge in [-0.05, 0) is 39.0 Å². The van der Waals surface area contributed by atoms with Gasteiger partial charge in [0.1, 0.15) is 0 Å². The summed E-state index contributed by atoms with van der Waals surface area (Å²) in [6.07, 6.45) is 1.68. The van der Waals surface area contributed by atoms with E-state index < -0.39 is 11.7 Å². The molecule has 0 amide bonds. The second kappa shape index (κ2) is 3.19. The number of hydrogen-bond acceptors (Lipinski definition) is 2. The lowest BCUT2D eigenvalue weighted by Crippen LogP contribution is -2.44. The molecule has 2 N–H and O–H groups in total. The van der Waals surface area contributed by atoms with Gasteiger partial charge >= 0.3 is 0 Å². The minimum absolute atomic E-state index is 0.389. The highest BCUT2D eigenvalue weighted by Gasteiger charge is 2.37. The van der Waals surface area contributed by atoms with Crippen LogP contribution < -0.4 is 0 Å². The van der Waals surface area contributed by atoms with Crippen molar-refractivity contribution >= 4 is 0 Å². The van der Waals surface area contributed by atoms with Gasteiger partial charge in [-0.2, -0.15) is 0 Å². The van der Waals surface area contributed by atoms with Gasteiger partial charge in [0.25, 0.3) is 0 Å². The van der Waals surface area contributed by atoms with Crippen LogP contribution >= 0.6 is 0 Å². The highest BCUT2D eigenvalue weighted by atomic mass is 16.3. The van der Waals surface area contributed by atoms with Gasteiger partial charge in [0.2, 0.25) is 0 Å². The Labute approximate surface area is 73.9 Å². The first-order valence-corrected chi connectivity index (χ1v) is 4.49. The lowest BCUT2D eigenvalue weighted by atomic mass is 9.75. The second-order valence-corrected chi connectivity index (χ2v) is 4.19. The van der Waals surface area contributed by atoms with Gasteiger partial charge < -0.3 is 10.2 Å². The molecule has 0 spiro atoms. The minimum Gasteiger partial charge on any atom is -0.390 e. The molecule has 0 aromatic carbocycles. The topological polar surface area (TPSA) is 40.5 Å². The number of aliphatic hydroxyl groups excluding tert-OH is 1. The summed E-state index contributed by atoms with van der Waals surface area (Å²) in [5.74, 6) is 0.389. The third-order valence-electron chi connectivity index (χ3n) is 2.92. The van der Waals surface area contributed by atoms with Crippen LogP contribution in [0.4, 0.5) is 0 Å². The van der Waals surface area contributed by atoms with Gasteiger partial charge in [-0.15, -0.1) is 0 Å². The number of rotatable bonds is 1. The average molecular weight is 170 g/mol. The molecule has 70 valence electrons. The van der Waals surface area contributed by atoms with Crippen molar-refractivity contribution in [1.82, 2.24) is 0 Å². The van der Waals surface area contributed by atoms with E-state index in [1.165, 1.54) is 0 Å². The van der Waals surface area contributed by atoms with Crippen LogP contribution in [0.15, 0.2) is 12.2 Å². The zero-order chi connectivity index (χ0) is 9.35. The van der Waals surface area contributed by atoms with E-state index in [1.807, 2.05) is 6.92 Å². The van der Waals surface area contributed by atoms with Gasteiger partial charge in [0.15, 0.2) is 0 Å². The fourth-order valence-corrected chi connectivity index (χ4v) is 1.72. The van der Waals surface area contributed by atoms with Crippen LogP contribution in [0.1, 0.15) is 33.1 Å². The summed E-state index contributed by atoms with van der Waals surface area (Å²) in [5.41, 5.74) is 0.232. The first kappa shape index (κ1) is 9.75. The molecule has 0 heterocycles. The normalized spacial score (nSPS) is 42.7. The largest absolute Gasteiger partial charge is 0.390 e. The molecular weight excluding hydrogens is 152 g/mol. The molecule has 0 radical (unpaired) electrons. The van der Waals surface area contributed by atoms with Crippen LogP contribution in [0.3, 0.4) is 0 Å². The first-order chi connectivity index (χ1) is 5.43. The van der Waals surface area contributed by atoms with Gasteiger partial charge in [0.05, 0.1) is 11.7 Å². The molecule has 1 aliphatic rings. The monoisotopic (exact) mass is 170 g/mol. The summed E-state index contributed by atoms with van der Waals surface area (Å²) in [6, 6.07) is 0. The van der Waals surface area contributed by atoms with Crippen molar-refractivity contribution < 1.29 is 10.2 Å². The number of aliphatic hydroxyl groups is 2. The fourth-order valence-electron chi connectivity index (χ4n) is 1.72. The molecule has 2 heteroatoms. The molecule has 1 saturated carbocycles. The van der Waals surface area contributed by atoms with Crippen LogP contribution in [-0.4, -0.2) is 21.9 Å². The summed E-state index contributed by atoms with van der Waals surface area (Å²) < 4.78 is 0. The fraction of sp³-hybridized carbons (Fsp3) is 0.800. The van der Waals surface area contributed by atoms with Crippen LogP contribution in [-0.2, 0) is 0 Å². The molecule has 0 aromatic rings. The molecular formula is C10H18O2. The number of hydrogen-bond donors (Lipinski definition) is 2. The van der Waals surface area contributed by atoms with Crippen molar-refractivity contribution in [1.29, 1.82) is 0 Å². The molecule has 3 atom stereocenters. The average Bonchev–Trinajstić information content (AvgIpc) is 1.94. The third-order valence-corrected chi connectivity index (χ3v) is 2.92. The quantitative estimate of drug-likeness (QED) is 0.585. The van der Waals surface area contributed by atoms with Gasteiger partial charge in [-0.1, -0.05) is 12.2 Å². The molecule has 12 heavy (non-hydrogen) atoms. The maximum atomic E-state index is 9.66. The van der Waals surface area contributed by atoms with E-state index in [4.69, 9.17) is 0 Å². The molecule has 0 bridgehead atoms. The second-order valence-electron chi connectivity index (χ2n) is 4.19. The summed E-state index contributed by atoms with van der Waals surface area (Å²) in [7, 11) is 0. The molecule has 1 unspecified atom stereocenters. The Hall–Kier alpha value is -0.340. The lowest BCUT2D eigenvalue weighted by molar-refractivity contribution is -0.0952. The maximum absolute atomic E-state index is 9.66. The Bertz CT molecular complexity index is 184. The van der Waals surface area contributed by atoms with Crippen LogP contribution in [0, 0.1) is 5.92 Å². The van der Waals surface area contributed by atoms with Crippen LogP contribution in [0.2, 0.25) is 0 Å². The Morgan fingerprint density at radius 1 is 1.58 bits per heavy atom. The third kappa shape index (κ3) is 1.87.